The second kappa shape index (κ2) is 3.62. The topological polar surface area (TPSA) is 73.1 Å². The number of aromatic nitrogens is 2. The van der Waals surface area contributed by atoms with Crippen LogP contribution < -0.4 is 0 Å². The third kappa shape index (κ3) is 2.33. The average Bonchev–Trinajstić information content (AvgIpc) is 2.59. The molecule has 0 spiro atoms. The third-order valence-electron chi connectivity index (χ3n) is 2.23. The minimum absolute atomic E-state index is 0.132. The van der Waals surface area contributed by atoms with Crippen LogP contribution in [0.3, 0.4) is 0 Å². The Morgan fingerprint density at radius 1 is 1.57 bits per heavy atom. The van der Waals surface area contributed by atoms with E-state index in [9.17, 15) is 8.42 Å². The van der Waals surface area contributed by atoms with Crippen LogP contribution in [0.4, 0.5) is 0 Å². The standard InChI is InChI=1S/C7H9BrN2O3S/c8-7-9-6(13-10-7)3-5-1-2-14(11,12)4-5/h5H,1-4H2. The number of sulfone groups is 1. The van der Waals surface area contributed by atoms with Gasteiger partial charge in [0.25, 0.3) is 0 Å². The Kier molecular flexibility index (Phi) is 2.61. The third-order valence-corrected chi connectivity index (χ3v) is 4.39. The van der Waals surface area contributed by atoms with Gasteiger partial charge in [0.05, 0.1) is 11.5 Å². The van der Waals surface area contributed by atoms with Crippen LogP contribution in [0, 0.1) is 5.92 Å². The first-order valence-electron chi connectivity index (χ1n) is 4.24. The van der Waals surface area contributed by atoms with E-state index in [2.05, 4.69) is 26.1 Å². The Labute approximate surface area is 89.9 Å². The molecule has 0 saturated carbocycles. The van der Waals surface area contributed by atoms with Gasteiger partial charge in [0, 0.05) is 6.42 Å². The van der Waals surface area contributed by atoms with Gasteiger partial charge >= 0.3 is 0 Å². The normalized spacial score (nSPS) is 25.4. The predicted octanol–water partition coefficient (Wildman–Crippen LogP) is 0.809. The maximum Gasteiger partial charge on any atom is 0.238 e. The van der Waals surface area contributed by atoms with Crippen molar-refractivity contribution in [1.82, 2.24) is 10.1 Å². The highest BCUT2D eigenvalue weighted by Gasteiger charge is 2.29. The van der Waals surface area contributed by atoms with E-state index in [1.807, 2.05) is 0 Å². The lowest BCUT2D eigenvalue weighted by Crippen LogP contribution is -2.07. The van der Waals surface area contributed by atoms with Gasteiger partial charge in [-0.3, -0.25) is 0 Å². The van der Waals surface area contributed by atoms with Crippen LogP contribution in [0.1, 0.15) is 12.3 Å². The summed E-state index contributed by atoms with van der Waals surface area (Å²) in [4.78, 5) is 3.97. The van der Waals surface area contributed by atoms with Crippen molar-refractivity contribution in [2.75, 3.05) is 11.5 Å². The summed E-state index contributed by atoms with van der Waals surface area (Å²) in [6, 6.07) is 0. The van der Waals surface area contributed by atoms with Gasteiger partial charge in [-0.2, -0.15) is 4.98 Å². The highest BCUT2D eigenvalue weighted by molar-refractivity contribution is 9.10. The zero-order valence-corrected chi connectivity index (χ0v) is 9.71. The van der Waals surface area contributed by atoms with Crippen LogP contribution in [0.15, 0.2) is 9.26 Å². The Morgan fingerprint density at radius 3 is 2.86 bits per heavy atom. The number of hydrogen-bond acceptors (Lipinski definition) is 5. The van der Waals surface area contributed by atoms with Crippen molar-refractivity contribution in [2.45, 2.75) is 12.8 Å². The molecule has 78 valence electrons. The van der Waals surface area contributed by atoms with Crippen molar-refractivity contribution in [3.63, 3.8) is 0 Å². The fourth-order valence-corrected chi connectivity index (χ4v) is 3.73. The Hall–Kier alpha value is -0.430. The minimum atomic E-state index is -2.81. The largest absolute Gasteiger partial charge is 0.338 e. The summed E-state index contributed by atoms with van der Waals surface area (Å²) in [5, 5.41) is 3.58. The Balaban J connectivity index is 2.00. The molecule has 0 amide bonds. The quantitative estimate of drug-likeness (QED) is 0.802. The second-order valence-corrected chi connectivity index (χ2v) is 6.37. The van der Waals surface area contributed by atoms with Gasteiger partial charge in [0.15, 0.2) is 9.84 Å². The molecule has 1 saturated heterocycles. The van der Waals surface area contributed by atoms with E-state index in [4.69, 9.17) is 4.52 Å². The fourth-order valence-electron chi connectivity index (χ4n) is 1.60. The summed E-state index contributed by atoms with van der Waals surface area (Å²) in [6.07, 6.45) is 1.25. The van der Waals surface area contributed by atoms with E-state index in [0.29, 0.717) is 23.5 Å². The molecule has 1 fully saturated rings. The maximum atomic E-state index is 11.2. The van der Waals surface area contributed by atoms with Gasteiger partial charge < -0.3 is 4.52 Å². The molecule has 0 bridgehead atoms. The fraction of sp³-hybridized carbons (Fsp3) is 0.714. The zero-order chi connectivity index (χ0) is 10.2. The molecule has 1 unspecified atom stereocenters. The van der Waals surface area contributed by atoms with E-state index < -0.39 is 9.84 Å². The molecular formula is C7H9BrN2O3S. The van der Waals surface area contributed by atoms with E-state index >= 15 is 0 Å². The van der Waals surface area contributed by atoms with Crippen LogP contribution in [0.2, 0.25) is 0 Å². The Bertz CT molecular complexity index is 428. The lowest BCUT2D eigenvalue weighted by Gasteiger charge is -2.00. The van der Waals surface area contributed by atoms with Gasteiger partial charge in [-0.15, -0.1) is 0 Å². The molecular weight excluding hydrogens is 272 g/mol. The van der Waals surface area contributed by atoms with Crippen molar-refractivity contribution < 1.29 is 12.9 Å². The number of nitrogens with zero attached hydrogens (tertiary/aromatic N) is 2. The molecule has 2 rings (SSSR count). The van der Waals surface area contributed by atoms with Gasteiger partial charge in [-0.25, -0.2) is 8.42 Å². The number of rotatable bonds is 2. The molecule has 5 nitrogen and oxygen atoms in total. The summed E-state index contributed by atoms with van der Waals surface area (Å²) in [5.74, 6) is 1.16. The zero-order valence-electron chi connectivity index (χ0n) is 7.31. The van der Waals surface area contributed by atoms with Gasteiger partial charge in [0.1, 0.15) is 0 Å². The minimum Gasteiger partial charge on any atom is -0.338 e. The summed E-state index contributed by atoms with van der Waals surface area (Å²) >= 11 is 3.07. The SMILES string of the molecule is O=S1(=O)CCC(Cc2nc(Br)no2)C1. The molecule has 14 heavy (non-hydrogen) atoms. The van der Waals surface area contributed by atoms with Crippen molar-refractivity contribution in [3.8, 4) is 0 Å². The van der Waals surface area contributed by atoms with E-state index in [1.165, 1.54) is 0 Å². The van der Waals surface area contributed by atoms with Crippen LogP contribution in [0.25, 0.3) is 0 Å². The highest BCUT2D eigenvalue weighted by Crippen LogP contribution is 2.22. The summed E-state index contributed by atoms with van der Waals surface area (Å²) in [7, 11) is -2.81. The first-order chi connectivity index (χ1) is 6.55. The van der Waals surface area contributed by atoms with Crippen LogP contribution >= 0.6 is 15.9 Å². The summed E-state index contributed by atoms with van der Waals surface area (Å²) < 4.78 is 27.6. The van der Waals surface area contributed by atoms with Crippen LogP contribution in [0.5, 0.6) is 0 Å². The van der Waals surface area contributed by atoms with Gasteiger partial charge in [0.2, 0.25) is 10.6 Å². The molecule has 0 aliphatic carbocycles. The maximum absolute atomic E-state index is 11.2. The molecule has 0 aromatic carbocycles. The van der Waals surface area contributed by atoms with E-state index in [0.717, 1.165) is 0 Å². The molecule has 1 atom stereocenters. The predicted molar refractivity (Wildman–Crippen MR) is 52.5 cm³/mol. The smallest absolute Gasteiger partial charge is 0.238 e. The Morgan fingerprint density at radius 2 is 2.36 bits per heavy atom. The first kappa shape index (κ1) is 10.1. The average molecular weight is 281 g/mol. The van der Waals surface area contributed by atoms with Crippen molar-refractivity contribution in [1.29, 1.82) is 0 Å². The van der Waals surface area contributed by atoms with Crippen LogP contribution in [-0.2, 0) is 16.3 Å². The van der Waals surface area contributed by atoms with Gasteiger partial charge in [-0.1, -0.05) is 0 Å². The lowest BCUT2D eigenvalue weighted by atomic mass is 10.1. The highest BCUT2D eigenvalue weighted by atomic mass is 79.9. The van der Waals surface area contributed by atoms with E-state index in [1.54, 1.807) is 0 Å². The molecule has 0 N–H and O–H groups in total. The van der Waals surface area contributed by atoms with Gasteiger partial charge in [-0.05, 0) is 33.4 Å². The molecule has 1 aliphatic rings. The molecule has 1 aliphatic heterocycles. The number of hydrogen-bond donors (Lipinski definition) is 0. The van der Waals surface area contributed by atoms with Crippen molar-refractivity contribution in [2.24, 2.45) is 5.92 Å². The van der Waals surface area contributed by atoms with Crippen molar-refractivity contribution in [3.05, 3.63) is 10.6 Å². The molecule has 0 radical (unpaired) electrons. The molecule has 2 heterocycles. The number of halogens is 1. The monoisotopic (exact) mass is 280 g/mol. The first-order valence-corrected chi connectivity index (χ1v) is 6.85. The molecule has 1 aromatic rings. The molecule has 1 aromatic heterocycles. The second-order valence-electron chi connectivity index (χ2n) is 3.43. The summed E-state index contributed by atoms with van der Waals surface area (Å²) in [5.41, 5.74) is 0. The summed E-state index contributed by atoms with van der Waals surface area (Å²) in [6.45, 7) is 0. The molecule has 7 heteroatoms. The van der Waals surface area contributed by atoms with Crippen LogP contribution in [-0.4, -0.2) is 30.1 Å². The van der Waals surface area contributed by atoms with E-state index in [-0.39, 0.29) is 17.4 Å². The lowest BCUT2D eigenvalue weighted by molar-refractivity contribution is 0.356. The van der Waals surface area contributed by atoms with Crippen molar-refractivity contribution >= 4 is 25.8 Å².